The van der Waals surface area contributed by atoms with E-state index in [1.807, 2.05) is 0 Å². The van der Waals surface area contributed by atoms with Crippen LogP contribution in [0.5, 0.6) is 11.5 Å². The van der Waals surface area contributed by atoms with Crippen LogP contribution in [-0.2, 0) is 9.53 Å². The Kier molecular flexibility index (Phi) is 6.52. The summed E-state index contributed by atoms with van der Waals surface area (Å²) in [4.78, 5) is 41.7. The molecule has 3 aromatic rings. The minimum absolute atomic E-state index is 0.0226. The average Bonchev–Trinajstić information content (AvgIpc) is 3.15. The molecule has 0 bridgehead atoms. The van der Waals surface area contributed by atoms with Gasteiger partial charge < -0.3 is 14.6 Å². The van der Waals surface area contributed by atoms with Crippen molar-refractivity contribution in [2.45, 2.75) is 19.9 Å². The lowest BCUT2D eigenvalue weighted by atomic mass is 9.96. The number of non-ortho nitro benzene ring substituents is 1. The summed E-state index contributed by atoms with van der Waals surface area (Å²) in [6.45, 7) is 3.45. The first-order valence-corrected chi connectivity index (χ1v) is 11.4. The van der Waals surface area contributed by atoms with E-state index in [9.17, 15) is 24.8 Å². The fourth-order valence-electron chi connectivity index (χ4n) is 3.77. The Hall–Kier alpha value is -4.25. The number of ether oxygens (including phenoxy) is 2. The molecule has 0 radical (unpaired) electrons. The molecule has 0 saturated heterocycles. The van der Waals surface area contributed by atoms with Gasteiger partial charge in [-0.15, -0.1) is 0 Å². The minimum atomic E-state index is -0.797. The maximum Gasteiger partial charge on any atom is 0.338 e. The van der Waals surface area contributed by atoms with Crippen LogP contribution in [0, 0.1) is 10.1 Å². The number of aromatic nitrogens is 1. The molecule has 0 spiro atoms. The summed E-state index contributed by atoms with van der Waals surface area (Å²) in [5.41, 5.74) is 1.31. The zero-order chi connectivity index (χ0) is 25.3. The number of thiazole rings is 1. The van der Waals surface area contributed by atoms with E-state index in [1.165, 1.54) is 42.0 Å². The van der Waals surface area contributed by atoms with Crippen molar-refractivity contribution >= 4 is 34.8 Å². The first-order valence-electron chi connectivity index (χ1n) is 10.6. The van der Waals surface area contributed by atoms with Crippen LogP contribution in [0.4, 0.5) is 5.69 Å². The molecular weight excluding hydrogens is 474 g/mol. The van der Waals surface area contributed by atoms with Gasteiger partial charge in [0.05, 0.1) is 28.7 Å². The van der Waals surface area contributed by atoms with Crippen LogP contribution in [0.3, 0.4) is 0 Å². The molecule has 11 heteroatoms. The Labute approximate surface area is 202 Å². The number of nitrogens with zero attached hydrogens (tertiary/aromatic N) is 3. The van der Waals surface area contributed by atoms with E-state index in [1.54, 1.807) is 32.1 Å². The Morgan fingerprint density at radius 3 is 2.63 bits per heavy atom. The number of hydrogen-bond acceptors (Lipinski definition) is 9. The molecule has 4 rings (SSSR count). The second-order valence-electron chi connectivity index (χ2n) is 7.56. The second kappa shape index (κ2) is 9.55. The number of rotatable bonds is 6. The third-order valence-corrected chi connectivity index (χ3v) is 6.44. The molecule has 2 aromatic carbocycles. The average molecular weight is 496 g/mol. The first-order chi connectivity index (χ1) is 16.7. The molecule has 35 heavy (non-hydrogen) atoms. The summed E-state index contributed by atoms with van der Waals surface area (Å²) in [6.07, 6.45) is 1.65. The molecule has 1 aliphatic heterocycles. The third-order valence-electron chi connectivity index (χ3n) is 5.46. The predicted molar refractivity (Wildman–Crippen MR) is 129 cm³/mol. The number of fused-ring (bicyclic) bond motifs is 1. The van der Waals surface area contributed by atoms with Crippen LogP contribution in [0.2, 0.25) is 0 Å². The minimum Gasteiger partial charge on any atom is -0.504 e. The van der Waals surface area contributed by atoms with Gasteiger partial charge in [0, 0.05) is 17.8 Å². The summed E-state index contributed by atoms with van der Waals surface area (Å²) in [6, 6.07) is 9.68. The summed E-state index contributed by atoms with van der Waals surface area (Å²) in [5, 5.41) is 20.9. The van der Waals surface area contributed by atoms with E-state index in [4.69, 9.17) is 9.47 Å². The predicted octanol–water partition coefficient (Wildman–Crippen LogP) is 2.53. The van der Waals surface area contributed by atoms with E-state index < -0.39 is 16.9 Å². The molecule has 1 atom stereocenters. The number of esters is 1. The summed E-state index contributed by atoms with van der Waals surface area (Å²) in [7, 11) is 1.43. The first kappa shape index (κ1) is 23.9. The number of phenolic OH excluding ortho intramolecular Hbond substituents is 1. The van der Waals surface area contributed by atoms with Crippen molar-refractivity contribution in [2.24, 2.45) is 4.99 Å². The van der Waals surface area contributed by atoms with E-state index in [0.717, 1.165) is 11.3 Å². The van der Waals surface area contributed by atoms with Gasteiger partial charge in [0.25, 0.3) is 11.2 Å². The number of allylic oxidation sites excluding steroid dienone is 1. The molecular formula is C24H21N3O7S. The van der Waals surface area contributed by atoms with Crippen molar-refractivity contribution in [2.75, 3.05) is 13.7 Å². The largest absolute Gasteiger partial charge is 0.504 e. The monoisotopic (exact) mass is 495 g/mol. The molecule has 1 aliphatic rings. The molecule has 0 unspecified atom stereocenters. The second-order valence-corrected chi connectivity index (χ2v) is 8.57. The van der Waals surface area contributed by atoms with Crippen LogP contribution in [-0.4, -0.2) is 34.3 Å². The molecule has 0 aliphatic carbocycles. The zero-order valence-electron chi connectivity index (χ0n) is 19.0. The van der Waals surface area contributed by atoms with Crippen LogP contribution < -0.4 is 19.6 Å². The van der Waals surface area contributed by atoms with Gasteiger partial charge in [0.15, 0.2) is 16.3 Å². The summed E-state index contributed by atoms with van der Waals surface area (Å²) >= 11 is 1.14. The van der Waals surface area contributed by atoms with Gasteiger partial charge in [0.2, 0.25) is 0 Å². The Morgan fingerprint density at radius 1 is 1.29 bits per heavy atom. The summed E-state index contributed by atoms with van der Waals surface area (Å²) in [5.74, 6) is -0.371. The molecule has 0 saturated carbocycles. The normalized spacial score (nSPS) is 15.4. The molecule has 1 N–H and O–H groups in total. The van der Waals surface area contributed by atoms with Crippen LogP contribution >= 0.6 is 11.3 Å². The Bertz CT molecular complexity index is 1530. The SMILES string of the molecule is CCOC(=O)C1=C(C)n2c(s/c(=C\c3ccc(O)c(OC)c3)c2=O)=N[C@@H]1c1ccc([N+](=O)[O-])cc1. The Morgan fingerprint density at radius 2 is 2.00 bits per heavy atom. The Balaban J connectivity index is 1.91. The number of nitro groups is 1. The fraction of sp³-hybridized carbons (Fsp3) is 0.208. The van der Waals surface area contributed by atoms with Crippen LogP contribution in [0.25, 0.3) is 11.8 Å². The number of methoxy groups -OCH3 is 1. The van der Waals surface area contributed by atoms with Crippen molar-refractivity contribution in [3.8, 4) is 11.5 Å². The van der Waals surface area contributed by atoms with Crippen LogP contribution in [0.1, 0.15) is 31.0 Å². The maximum atomic E-state index is 13.3. The van der Waals surface area contributed by atoms with Gasteiger partial charge in [-0.3, -0.25) is 19.5 Å². The maximum absolute atomic E-state index is 13.3. The molecule has 2 heterocycles. The highest BCUT2D eigenvalue weighted by atomic mass is 32.1. The van der Waals surface area contributed by atoms with Gasteiger partial charge in [0.1, 0.15) is 6.04 Å². The molecule has 180 valence electrons. The number of benzene rings is 2. The van der Waals surface area contributed by atoms with Gasteiger partial charge in [-0.05, 0) is 55.3 Å². The fourth-order valence-corrected chi connectivity index (χ4v) is 4.81. The van der Waals surface area contributed by atoms with Crippen molar-refractivity contribution in [1.29, 1.82) is 0 Å². The van der Waals surface area contributed by atoms with Gasteiger partial charge in [-0.1, -0.05) is 17.4 Å². The van der Waals surface area contributed by atoms with Crippen LogP contribution in [0.15, 0.2) is 57.8 Å². The number of carbonyl (C=O) groups excluding carboxylic acids is 1. The van der Waals surface area contributed by atoms with E-state index in [2.05, 4.69) is 4.99 Å². The zero-order valence-corrected chi connectivity index (χ0v) is 19.9. The van der Waals surface area contributed by atoms with E-state index in [0.29, 0.717) is 26.2 Å². The third kappa shape index (κ3) is 4.45. The molecule has 0 amide bonds. The lowest BCUT2D eigenvalue weighted by Gasteiger charge is -2.22. The van der Waals surface area contributed by atoms with Crippen molar-refractivity contribution in [3.05, 3.63) is 89.0 Å². The smallest absolute Gasteiger partial charge is 0.338 e. The standard InChI is InChI=1S/C24H21N3O7S/c1-4-34-23(30)20-13(2)26-22(29)19(12-14-5-10-17(28)18(11-14)33-3)35-24(26)25-21(20)15-6-8-16(9-7-15)27(31)32/h5-12,21,28H,4H2,1-3H3/b19-12-/t21-/m1/s1. The highest BCUT2D eigenvalue weighted by Gasteiger charge is 2.31. The quantitative estimate of drug-likeness (QED) is 0.316. The highest BCUT2D eigenvalue weighted by molar-refractivity contribution is 7.07. The number of phenols is 1. The van der Waals surface area contributed by atoms with Crippen molar-refractivity contribution in [1.82, 2.24) is 4.57 Å². The molecule has 0 fully saturated rings. The number of aromatic hydroxyl groups is 1. The van der Waals surface area contributed by atoms with Gasteiger partial charge >= 0.3 is 5.97 Å². The van der Waals surface area contributed by atoms with Gasteiger partial charge in [-0.2, -0.15) is 0 Å². The van der Waals surface area contributed by atoms with Gasteiger partial charge in [-0.25, -0.2) is 9.79 Å². The lowest BCUT2D eigenvalue weighted by Crippen LogP contribution is -2.35. The molecule has 1 aromatic heterocycles. The number of nitro benzene ring substituents is 1. The molecule has 10 nitrogen and oxygen atoms in total. The number of hydrogen-bond donors (Lipinski definition) is 1. The van der Waals surface area contributed by atoms with E-state index in [-0.39, 0.29) is 34.9 Å². The lowest BCUT2D eigenvalue weighted by molar-refractivity contribution is -0.384. The van der Waals surface area contributed by atoms with Crippen molar-refractivity contribution in [3.63, 3.8) is 0 Å². The van der Waals surface area contributed by atoms with Crippen molar-refractivity contribution < 1.29 is 24.3 Å². The summed E-state index contributed by atoms with van der Waals surface area (Å²) < 4.78 is 12.1. The topological polar surface area (TPSA) is 133 Å². The van der Waals surface area contributed by atoms with E-state index >= 15 is 0 Å². The highest BCUT2D eigenvalue weighted by Crippen LogP contribution is 2.33. The number of carbonyl (C=O) groups is 1.